The van der Waals surface area contributed by atoms with E-state index < -0.39 is 0 Å². The minimum absolute atomic E-state index is 0.0387. The van der Waals surface area contributed by atoms with Crippen LogP contribution in [0.3, 0.4) is 0 Å². The van der Waals surface area contributed by atoms with Crippen LogP contribution in [0.25, 0.3) is 0 Å². The fourth-order valence-electron chi connectivity index (χ4n) is 0.179. The SMILES string of the molecule is C1=CN=NI=C1. The van der Waals surface area contributed by atoms with Crippen molar-refractivity contribution in [3.05, 3.63) is 12.3 Å². The van der Waals surface area contributed by atoms with Crippen LogP contribution < -0.4 is 0 Å². The van der Waals surface area contributed by atoms with Crippen molar-refractivity contribution >= 4 is 25.0 Å². The van der Waals surface area contributed by atoms with Crippen LogP contribution in [0.5, 0.6) is 0 Å². The van der Waals surface area contributed by atoms with Crippen LogP contribution in [0.1, 0.15) is 0 Å². The molecule has 0 amide bonds. The highest BCUT2D eigenvalue weighted by molar-refractivity contribution is 14.2. The minimum Gasteiger partial charge on any atom is -0.154 e. The van der Waals surface area contributed by atoms with Gasteiger partial charge in [0.15, 0.2) is 0 Å². The van der Waals surface area contributed by atoms with E-state index in [9.17, 15) is 0 Å². The molecule has 0 spiro atoms. The fraction of sp³-hybridized carbons (Fsp3) is 0. The van der Waals surface area contributed by atoms with Crippen molar-refractivity contribution in [3.63, 3.8) is 0 Å². The van der Waals surface area contributed by atoms with Crippen molar-refractivity contribution in [2.45, 2.75) is 0 Å². The first-order chi connectivity index (χ1) is 3.00. The molecule has 1 aliphatic rings. The number of allylic oxidation sites excluding steroid dienone is 1. The minimum atomic E-state index is -0.0387. The molecule has 0 aromatic rings. The van der Waals surface area contributed by atoms with Crippen molar-refractivity contribution in [2.75, 3.05) is 0 Å². The summed E-state index contributed by atoms with van der Waals surface area (Å²) >= 11 is -0.0387. The first-order valence-corrected chi connectivity index (χ1v) is 3.72. The van der Waals surface area contributed by atoms with Crippen LogP contribution in [-0.2, 0) is 0 Å². The summed E-state index contributed by atoms with van der Waals surface area (Å²) in [6.45, 7) is 0. The Balaban J connectivity index is 2.77. The van der Waals surface area contributed by atoms with Crippen molar-refractivity contribution in [2.24, 2.45) is 8.44 Å². The quantitative estimate of drug-likeness (QED) is 0.523. The van der Waals surface area contributed by atoms with Gasteiger partial charge in [0.2, 0.25) is 0 Å². The third-order valence-electron chi connectivity index (χ3n) is 0.369. The van der Waals surface area contributed by atoms with Crippen LogP contribution in [0.2, 0.25) is 0 Å². The zero-order valence-electron chi connectivity index (χ0n) is 3.00. The molecule has 1 heterocycles. The predicted octanol–water partition coefficient (Wildman–Crippen LogP) is 1.65. The zero-order valence-corrected chi connectivity index (χ0v) is 5.16. The molecule has 32 valence electrons. The molecule has 0 aliphatic carbocycles. The van der Waals surface area contributed by atoms with E-state index in [0.29, 0.717) is 0 Å². The molecule has 0 aromatic heterocycles. The van der Waals surface area contributed by atoms with E-state index in [1.54, 1.807) is 6.20 Å². The lowest BCUT2D eigenvalue weighted by Gasteiger charge is -1.75. The van der Waals surface area contributed by atoms with Crippen molar-refractivity contribution in [3.8, 4) is 0 Å². The summed E-state index contributed by atoms with van der Waals surface area (Å²) in [5, 5.41) is 3.64. The van der Waals surface area contributed by atoms with Crippen LogP contribution in [0.15, 0.2) is 20.7 Å². The van der Waals surface area contributed by atoms with E-state index in [1.165, 1.54) is 0 Å². The van der Waals surface area contributed by atoms with Gasteiger partial charge in [0, 0.05) is 21.0 Å². The Labute approximate surface area is 46.1 Å². The Hall–Kier alpha value is -0.0600. The first kappa shape index (κ1) is 4.11. The van der Waals surface area contributed by atoms with Gasteiger partial charge < -0.3 is 0 Å². The maximum atomic E-state index is 3.77. The van der Waals surface area contributed by atoms with Crippen molar-refractivity contribution in [1.82, 2.24) is 0 Å². The maximum Gasteiger partial charge on any atom is 0.0505 e. The molecule has 0 aromatic carbocycles. The number of hydrogen-bond donors (Lipinski definition) is 0. The van der Waals surface area contributed by atoms with Crippen molar-refractivity contribution in [1.29, 1.82) is 0 Å². The number of halogens is 1. The van der Waals surface area contributed by atoms with Gasteiger partial charge in [0.1, 0.15) is 0 Å². The largest absolute Gasteiger partial charge is 0.154 e. The predicted molar refractivity (Wildman–Crippen MR) is 34.1 cm³/mol. The Morgan fingerprint density at radius 3 is 2.67 bits per heavy atom. The summed E-state index contributed by atoms with van der Waals surface area (Å²) in [7, 11) is 0. The second kappa shape index (κ2) is 2.17. The average molecular weight is 194 g/mol. The summed E-state index contributed by atoms with van der Waals surface area (Å²) in [4.78, 5) is 0. The second-order valence-corrected chi connectivity index (χ2v) is 2.46. The molecule has 1 aliphatic heterocycles. The molecule has 0 fully saturated rings. The fourth-order valence-corrected chi connectivity index (χ4v) is 0.982. The van der Waals surface area contributed by atoms with Gasteiger partial charge in [-0.2, -0.15) is 5.11 Å². The number of hydrogen-bond acceptors (Lipinski definition) is 2. The second-order valence-electron chi connectivity index (χ2n) is 0.756. The molecule has 0 saturated heterocycles. The van der Waals surface area contributed by atoms with Gasteiger partial charge >= 0.3 is 0 Å². The molecule has 0 bridgehead atoms. The summed E-state index contributed by atoms with van der Waals surface area (Å²) in [6.07, 6.45) is 3.63. The number of nitrogens with zero attached hydrogens (tertiary/aromatic N) is 2. The summed E-state index contributed by atoms with van der Waals surface area (Å²) in [5.41, 5.74) is 0. The molecule has 0 unspecified atom stereocenters. The third-order valence-corrected chi connectivity index (χ3v) is 1.60. The average Bonchev–Trinajstić information content (AvgIpc) is 1.72. The van der Waals surface area contributed by atoms with Crippen LogP contribution in [-0.4, -0.2) is 4.01 Å². The van der Waals surface area contributed by atoms with Gasteiger partial charge in [0.05, 0.1) is 6.20 Å². The molecule has 0 atom stereocenters. The Kier molecular flexibility index (Phi) is 1.49. The van der Waals surface area contributed by atoms with Gasteiger partial charge in [0.25, 0.3) is 0 Å². The molecular weight excluding hydrogens is 191 g/mol. The van der Waals surface area contributed by atoms with E-state index in [2.05, 4.69) is 12.5 Å². The summed E-state index contributed by atoms with van der Waals surface area (Å²) in [5.74, 6) is 0. The van der Waals surface area contributed by atoms with Crippen molar-refractivity contribution < 1.29 is 0 Å². The lowest BCUT2D eigenvalue weighted by atomic mass is 10.7. The zero-order chi connectivity index (χ0) is 4.24. The molecule has 0 saturated carbocycles. The normalized spacial score (nSPS) is 17.3. The molecule has 2 nitrogen and oxygen atoms in total. The van der Waals surface area contributed by atoms with Crippen LogP contribution >= 0.6 is 21.0 Å². The van der Waals surface area contributed by atoms with E-state index >= 15 is 0 Å². The van der Waals surface area contributed by atoms with Crippen LogP contribution in [0, 0.1) is 0 Å². The lowest BCUT2D eigenvalue weighted by Crippen LogP contribution is -1.55. The van der Waals surface area contributed by atoms with E-state index in [0.717, 1.165) is 0 Å². The Morgan fingerprint density at radius 2 is 2.50 bits per heavy atom. The molecule has 0 radical (unpaired) electrons. The Bertz CT molecular complexity index is 78.2. The van der Waals surface area contributed by atoms with Gasteiger partial charge in [-0.15, -0.1) is 3.33 Å². The van der Waals surface area contributed by atoms with Gasteiger partial charge in [-0.05, 0) is 10.1 Å². The Morgan fingerprint density at radius 1 is 1.50 bits per heavy atom. The highest BCUT2D eigenvalue weighted by atomic mass is 127. The highest BCUT2D eigenvalue weighted by Gasteiger charge is 1.68. The maximum absolute atomic E-state index is 3.77. The van der Waals surface area contributed by atoms with Gasteiger partial charge in [-0.25, -0.2) is 0 Å². The molecule has 6 heavy (non-hydrogen) atoms. The number of rotatable bonds is 0. The standard InChI is InChI=1S/C3H3IN2/c1-2-4-6-5-3-1/h1-3H. The molecule has 0 N–H and O–H groups in total. The third kappa shape index (κ3) is 0.965. The molecular formula is C3H3IN2. The van der Waals surface area contributed by atoms with Gasteiger partial charge in [-0.3, -0.25) is 0 Å². The lowest BCUT2D eigenvalue weighted by molar-refractivity contribution is 1.38. The highest BCUT2D eigenvalue weighted by Crippen LogP contribution is 2.01. The monoisotopic (exact) mass is 194 g/mol. The summed E-state index contributed by atoms with van der Waals surface area (Å²) < 4.78 is 5.83. The smallest absolute Gasteiger partial charge is 0.0505 e. The summed E-state index contributed by atoms with van der Waals surface area (Å²) in [6, 6.07) is 0. The first-order valence-electron chi connectivity index (χ1n) is 1.51. The topological polar surface area (TPSA) is 24.7 Å². The molecule has 3 heteroatoms. The van der Waals surface area contributed by atoms with E-state index in [1.807, 2.05) is 6.08 Å². The van der Waals surface area contributed by atoms with E-state index in [-0.39, 0.29) is 21.0 Å². The van der Waals surface area contributed by atoms with Crippen LogP contribution in [0.4, 0.5) is 0 Å². The van der Waals surface area contributed by atoms with Gasteiger partial charge in [-0.1, -0.05) is 0 Å². The molecule has 1 rings (SSSR count). The van der Waals surface area contributed by atoms with E-state index in [4.69, 9.17) is 0 Å².